The maximum atomic E-state index is 12.1. The minimum atomic E-state index is -0.584. The minimum Gasteiger partial charge on any atom is -0.383 e. The second-order valence-electron chi connectivity index (χ2n) is 6.68. The molecule has 134 valence electrons. The SMILES string of the molecule is Cc1ccc2cc(-c3nn(C4CCOCC4)c(N)c3C(N)=O)cnc2c1. The number of ether oxygens (including phenoxy) is 1. The average molecular weight is 351 g/mol. The predicted octanol–water partition coefficient (Wildman–Crippen LogP) is 2.44. The molecule has 7 nitrogen and oxygen atoms in total. The van der Waals surface area contributed by atoms with Crippen LogP contribution in [0.4, 0.5) is 5.82 Å². The minimum absolute atomic E-state index is 0.103. The van der Waals surface area contributed by atoms with Gasteiger partial charge in [-0.2, -0.15) is 5.10 Å². The summed E-state index contributed by atoms with van der Waals surface area (Å²) in [5.74, 6) is -0.275. The molecule has 0 radical (unpaired) electrons. The lowest BCUT2D eigenvalue weighted by atomic mass is 10.1. The molecule has 0 aliphatic carbocycles. The number of nitrogens with two attached hydrogens (primary N) is 2. The van der Waals surface area contributed by atoms with Crippen LogP contribution in [0.3, 0.4) is 0 Å². The number of benzene rings is 1. The summed E-state index contributed by atoms with van der Waals surface area (Å²) < 4.78 is 7.12. The first-order valence-electron chi connectivity index (χ1n) is 8.67. The van der Waals surface area contributed by atoms with Gasteiger partial charge >= 0.3 is 0 Å². The Hall–Kier alpha value is -2.93. The van der Waals surface area contributed by atoms with E-state index in [1.54, 1.807) is 10.9 Å². The Labute approximate surface area is 151 Å². The van der Waals surface area contributed by atoms with Gasteiger partial charge in [0.1, 0.15) is 17.1 Å². The number of hydrogen-bond donors (Lipinski definition) is 2. The zero-order chi connectivity index (χ0) is 18.3. The van der Waals surface area contributed by atoms with Gasteiger partial charge in [-0.05, 0) is 37.5 Å². The van der Waals surface area contributed by atoms with Crippen LogP contribution in [0.15, 0.2) is 30.5 Å². The fourth-order valence-electron chi connectivity index (χ4n) is 3.46. The standard InChI is InChI=1S/C19H21N5O2/c1-11-2-3-12-9-13(10-22-15(12)8-11)17-16(19(21)25)18(20)24(23-17)14-4-6-26-7-5-14/h2-3,8-10,14H,4-7,20H2,1H3,(H2,21,25). The summed E-state index contributed by atoms with van der Waals surface area (Å²) in [7, 11) is 0. The first-order chi connectivity index (χ1) is 12.5. The van der Waals surface area contributed by atoms with E-state index >= 15 is 0 Å². The highest BCUT2D eigenvalue weighted by Crippen LogP contribution is 2.32. The number of rotatable bonds is 3. The highest BCUT2D eigenvalue weighted by molar-refractivity contribution is 6.03. The largest absolute Gasteiger partial charge is 0.383 e. The number of primary amides is 1. The maximum absolute atomic E-state index is 12.1. The second kappa shape index (κ2) is 6.42. The number of anilines is 1. The van der Waals surface area contributed by atoms with Crippen LogP contribution in [0.5, 0.6) is 0 Å². The number of fused-ring (bicyclic) bond motifs is 1. The zero-order valence-electron chi connectivity index (χ0n) is 14.6. The number of aryl methyl sites for hydroxylation is 1. The van der Waals surface area contributed by atoms with Crippen molar-refractivity contribution in [2.45, 2.75) is 25.8 Å². The van der Waals surface area contributed by atoms with E-state index in [1.807, 2.05) is 31.2 Å². The normalized spacial score (nSPS) is 15.4. The lowest BCUT2D eigenvalue weighted by Crippen LogP contribution is -2.22. The third-order valence-corrected chi connectivity index (χ3v) is 4.84. The fraction of sp³-hybridized carbons (Fsp3) is 0.316. The molecule has 0 unspecified atom stereocenters. The molecule has 3 heterocycles. The van der Waals surface area contributed by atoms with Gasteiger partial charge in [0.2, 0.25) is 0 Å². The van der Waals surface area contributed by atoms with Crippen LogP contribution in [0.1, 0.15) is 34.8 Å². The summed E-state index contributed by atoms with van der Waals surface area (Å²) in [4.78, 5) is 16.6. The smallest absolute Gasteiger partial charge is 0.254 e. The number of nitrogen functional groups attached to an aromatic ring is 1. The van der Waals surface area contributed by atoms with E-state index in [1.165, 1.54) is 0 Å². The van der Waals surface area contributed by atoms with Gasteiger partial charge in [0.15, 0.2) is 0 Å². The predicted molar refractivity (Wildman–Crippen MR) is 99.7 cm³/mol. The van der Waals surface area contributed by atoms with Crippen molar-refractivity contribution in [3.63, 3.8) is 0 Å². The molecular weight excluding hydrogens is 330 g/mol. The van der Waals surface area contributed by atoms with Crippen LogP contribution in [-0.4, -0.2) is 33.9 Å². The summed E-state index contributed by atoms with van der Waals surface area (Å²) in [6, 6.07) is 8.11. The van der Waals surface area contributed by atoms with Gasteiger partial charge in [0, 0.05) is 30.4 Å². The molecule has 1 aliphatic heterocycles. The molecule has 1 aliphatic rings. The highest BCUT2D eigenvalue weighted by atomic mass is 16.5. The second-order valence-corrected chi connectivity index (χ2v) is 6.68. The van der Waals surface area contributed by atoms with Crippen LogP contribution in [0.25, 0.3) is 22.2 Å². The van der Waals surface area contributed by atoms with Crippen LogP contribution in [0, 0.1) is 6.92 Å². The fourth-order valence-corrected chi connectivity index (χ4v) is 3.46. The highest BCUT2D eigenvalue weighted by Gasteiger charge is 2.26. The van der Waals surface area contributed by atoms with Gasteiger partial charge in [0.25, 0.3) is 5.91 Å². The molecule has 1 aromatic carbocycles. The van der Waals surface area contributed by atoms with Crippen molar-refractivity contribution in [1.82, 2.24) is 14.8 Å². The van der Waals surface area contributed by atoms with Crippen molar-refractivity contribution >= 4 is 22.6 Å². The average Bonchev–Trinajstić information content (AvgIpc) is 2.99. The Balaban J connectivity index is 1.84. The van der Waals surface area contributed by atoms with Gasteiger partial charge in [-0.1, -0.05) is 12.1 Å². The molecule has 1 fully saturated rings. The van der Waals surface area contributed by atoms with Crippen LogP contribution in [-0.2, 0) is 4.74 Å². The van der Waals surface area contributed by atoms with Crippen molar-refractivity contribution in [2.24, 2.45) is 5.73 Å². The van der Waals surface area contributed by atoms with E-state index in [0.29, 0.717) is 24.7 Å². The Bertz CT molecular complexity index is 989. The Morgan fingerprint density at radius 3 is 2.77 bits per heavy atom. The van der Waals surface area contributed by atoms with Crippen LogP contribution in [0.2, 0.25) is 0 Å². The molecule has 2 aromatic heterocycles. The van der Waals surface area contributed by atoms with Crippen molar-refractivity contribution in [2.75, 3.05) is 18.9 Å². The first-order valence-corrected chi connectivity index (χ1v) is 8.67. The number of nitrogens with zero attached hydrogens (tertiary/aromatic N) is 3. The molecule has 0 bridgehead atoms. The van der Waals surface area contributed by atoms with Gasteiger partial charge < -0.3 is 16.2 Å². The van der Waals surface area contributed by atoms with Crippen molar-refractivity contribution < 1.29 is 9.53 Å². The van der Waals surface area contributed by atoms with E-state index in [2.05, 4.69) is 10.1 Å². The molecule has 0 spiro atoms. The van der Waals surface area contributed by atoms with Crippen molar-refractivity contribution in [1.29, 1.82) is 0 Å². The molecule has 7 heteroatoms. The summed E-state index contributed by atoms with van der Waals surface area (Å²) in [6.45, 7) is 3.33. The lowest BCUT2D eigenvalue weighted by molar-refractivity contribution is 0.0669. The quantitative estimate of drug-likeness (QED) is 0.753. The van der Waals surface area contributed by atoms with Gasteiger partial charge in [-0.3, -0.25) is 9.78 Å². The molecular formula is C19H21N5O2. The Morgan fingerprint density at radius 1 is 1.27 bits per heavy atom. The molecule has 1 saturated heterocycles. The van der Waals surface area contributed by atoms with Crippen molar-refractivity contribution in [3.8, 4) is 11.3 Å². The van der Waals surface area contributed by atoms with Crippen molar-refractivity contribution in [3.05, 3.63) is 41.6 Å². The molecule has 4 rings (SSSR count). The third-order valence-electron chi connectivity index (χ3n) is 4.84. The zero-order valence-corrected chi connectivity index (χ0v) is 14.6. The van der Waals surface area contributed by atoms with Gasteiger partial charge in [-0.15, -0.1) is 0 Å². The van der Waals surface area contributed by atoms with Crippen LogP contribution < -0.4 is 11.5 Å². The van der Waals surface area contributed by atoms with Gasteiger partial charge in [-0.25, -0.2) is 4.68 Å². The van der Waals surface area contributed by atoms with E-state index in [4.69, 9.17) is 16.2 Å². The number of amides is 1. The number of aromatic nitrogens is 3. The van der Waals surface area contributed by atoms with E-state index < -0.39 is 5.91 Å². The summed E-state index contributed by atoms with van der Waals surface area (Å²) >= 11 is 0. The molecule has 26 heavy (non-hydrogen) atoms. The summed E-state index contributed by atoms with van der Waals surface area (Å²) in [5.41, 5.74) is 15.4. The molecule has 0 atom stereocenters. The number of hydrogen-bond acceptors (Lipinski definition) is 5. The van der Waals surface area contributed by atoms with E-state index in [0.717, 1.165) is 34.9 Å². The Kier molecular flexibility index (Phi) is 4.08. The molecule has 3 aromatic rings. The molecule has 4 N–H and O–H groups in total. The topological polar surface area (TPSA) is 109 Å². The van der Waals surface area contributed by atoms with Gasteiger partial charge in [0.05, 0.1) is 11.6 Å². The third kappa shape index (κ3) is 2.80. The Morgan fingerprint density at radius 2 is 2.04 bits per heavy atom. The lowest BCUT2D eigenvalue weighted by Gasteiger charge is -2.23. The number of pyridine rings is 1. The molecule has 1 amide bonds. The van der Waals surface area contributed by atoms with E-state index in [9.17, 15) is 4.79 Å². The maximum Gasteiger partial charge on any atom is 0.254 e. The van der Waals surface area contributed by atoms with E-state index in [-0.39, 0.29) is 11.6 Å². The number of carbonyl (C=O) groups is 1. The monoisotopic (exact) mass is 351 g/mol. The summed E-state index contributed by atoms with van der Waals surface area (Å²) in [6.07, 6.45) is 3.32. The van der Waals surface area contributed by atoms with Crippen LogP contribution >= 0.6 is 0 Å². The molecule has 0 saturated carbocycles. The number of carbonyl (C=O) groups excluding carboxylic acids is 1. The first kappa shape index (κ1) is 16.5. The summed E-state index contributed by atoms with van der Waals surface area (Å²) in [5, 5.41) is 5.62.